The molecule has 0 amide bonds. The Bertz CT molecular complexity index is 323. The molecule has 0 bridgehead atoms. The zero-order valence-electron chi connectivity index (χ0n) is 8.85. The van der Waals surface area contributed by atoms with Crippen molar-refractivity contribution in [2.24, 2.45) is 0 Å². The van der Waals surface area contributed by atoms with E-state index in [1.54, 1.807) is 12.1 Å². The number of hydrogen-bond donors (Lipinski definition) is 3. The van der Waals surface area contributed by atoms with Crippen molar-refractivity contribution < 1.29 is 19.7 Å². The normalized spacial score (nSPS) is 10.1. The van der Waals surface area contributed by atoms with E-state index in [-0.39, 0.29) is 13.2 Å². The quantitative estimate of drug-likeness (QED) is 0.579. The SMILES string of the molecule is O=C(O)COc1ccc(CNCCO)cc1. The van der Waals surface area contributed by atoms with Gasteiger partial charge in [0.25, 0.3) is 0 Å². The number of rotatable bonds is 7. The van der Waals surface area contributed by atoms with E-state index in [0.29, 0.717) is 18.8 Å². The molecule has 0 saturated heterocycles. The second-order valence-corrected chi connectivity index (χ2v) is 3.23. The van der Waals surface area contributed by atoms with Gasteiger partial charge in [0.15, 0.2) is 6.61 Å². The number of aliphatic hydroxyl groups excluding tert-OH is 1. The molecule has 1 aromatic carbocycles. The molecule has 1 rings (SSSR count). The van der Waals surface area contributed by atoms with Gasteiger partial charge in [-0.25, -0.2) is 4.79 Å². The molecule has 0 spiro atoms. The van der Waals surface area contributed by atoms with E-state index >= 15 is 0 Å². The lowest BCUT2D eigenvalue weighted by Crippen LogP contribution is -2.17. The summed E-state index contributed by atoms with van der Waals surface area (Å²) >= 11 is 0. The van der Waals surface area contributed by atoms with Crippen molar-refractivity contribution in [3.63, 3.8) is 0 Å². The maximum Gasteiger partial charge on any atom is 0.341 e. The van der Waals surface area contributed by atoms with Crippen LogP contribution in [-0.4, -0.2) is 35.9 Å². The highest BCUT2D eigenvalue weighted by Gasteiger charge is 1.99. The van der Waals surface area contributed by atoms with Gasteiger partial charge in [0, 0.05) is 13.1 Å². The van der Waals surface area contributed by atoms with Crippen molar-refractivity contribution in [3.8, 4) is 5.75 Å². The summed E-state index contributed by atoms with van der Waals surface area (Å²) in [4.78, 5) is 10.3. The molecule has 0 aromatic heterocycles. The Morgan fingerprint density at radius 3 is 2.56 bits per heavy atom. The first-order chi connectivity index (χ1) is 7.72. The van der Waals surface area contributed by atoms with Gasteiger partial charge in [-0.2, -0.15) is 0 Å². The number of benzene rings is 1. The van der Waals surface area contributed by atoms with E-state index in [1.807, 2.05) is 12.1 Å². The Morgan fingerprint density at radius 1 is 1.31 bits per heavy atom. The second-order valence-electron chi connectivity index (χ2n) is 3.23. The molecule has 0 heterocycles. The summed E-state index contributed by atoms with van der Waals surface area (Å²) in [5.41, 5.74) is 1.05. The van der Waals surface area contributed by atoms with Crippen LogP contribution in [0.3, 0.4) is 0 Å². The maximum atomic E-state index is 10.3. The van der Waals surface area contributed by atoms with Crippen LogP contribution in [0, 0.1) is 0 Å². The van der Waals surface area contributed by atoms with Crippen LogP contribution in [0.1, 0.15) is 5.56 Å². The Labute approximate surface area is 93.7 Å². The number of ether oxygens (including phenoxy) is 1. The summed E-state index contributed by atoms with van der Waals surface area (Å²) in [6.45, 7) is 0.999. The minimum absolute atomic E-state index is 0.111. The minimum Gasteiger partial charge on any atom is -0.482 e. The number of hydrogen-bond acceptors (Lipinski definition) is 4. The number of aliphatic hydroxyl groups is 1. The predicted octanol–water partition coefficient (Wildman–Crippen LogP) is 0.232. The van der Waals surface area contributed by atoms with Gasteiger partial charge in [0.05, 0.1) is 6.61 Å². The Kier molecular flexibility index (Phi) is 5.31. The van der Waals surface area contributed by atoms with Crippen LogP contribution in [0.5, 0.6) is 5.75 Å². The molecule has 88 valence electrons. The molecule has 5 nitrogen and oxygen atoms in total. The average Bonchev–Trinajstić information content (AvgIpc) is 2.28. The second kappa shape index (κ2) is 6.81. The van der Waals surface area contributed by atoms with Gasteiger partial charge in [-0.3, -0.25) is 0 Å². The van der Waals surface area contributed by atoms with Crippen LogP contribution in [0.2, 0.25) is 0 Å². The third-order valence-corrected chi connectivity index (χ3v) is 1.90. The van der Waals surface area contributed by atoms with E-state index < -0.39 is 5.97 Å². The summed E-state index contributed by atoms with van der Waals surface area (Å²) in [6, 6.07) is 7.14. The molecule has 1 aromatic rings. The summed E-state index contributed by atoms with van der Waals surface area (Å²) in [5.74, 6) is -0.456. The zero-order chi connectivity index (χ0) is 11.8. The molecule has 0 aliphatic heterocycles. The smallest absolute Gasteiger partial charge is 0.341 e. The van der Waals surface area contributed by atoms with Gasteiger partial charge in [-0.1, -0.05) is 12.1 Å². The van der Waals surface area contributed by atoms with Crippen molar-refractivity contribution in [2.75, 3.05) is 19.8 Å². The predicted molar refractivity (Wildman–Crippen MR) is 58.4 cm³/mol. The lowest BCUT2D eigenvalue weighted by molar-refractivity contribution is -0.139. The van der Waals surface area contributed by atoms with Crippen LogP contribution in [0.25, 0.3) is 0 Å². The molecule has 0 atom stereocenters. The number of carboxylic acid groups (broad SMARTS) is 1. The molecule has 0 radical (unpaired) electrons. The summed E-state index contributed by atoms with van der Waals surface area (Å²) in [6.07, 6.45) is 0. The van der Waals surface area contributed by atoms with E-state index in [4.69, 9.17) is 14.9 Å². The van der Waals surface area contributed by atoms with E-state index in [2.05, 4.69) is 5.32 Å². The molecular formula is C11H15NO4. The van der Waals surface area contributed by atoms with Gasteiger partial charge >= 0.3 is 5.97 Å². The average molecular weight is 225 g/mol. The minimum atomic E-state index is -0.992. The summed E-state index contributed by atoms with van der Waals surface area (Å²) < 4.78 is 4.99. The van der Waals surface area contributed by atoms with E-state index in [1.165, 1.54) is 0 Å². The fraction of sp³-hybridized carbons (Fsp3) is 0.364. The van der Waals surface area contributed by atoms with Crippen LogP contribution >= 0.6 is 0 Å². The third kappa shape index (κ3) is 4.77. The van der Waals surface area contributed by atoms with Gasteiger partial charge in [0.1, 0.15) is 5.75 Å². The molecule has 0 saturated carbocycles. The van der Waals surface area contributed by atoms with Crippen LogP contribution in [0.15, 0.2) is 24.3 Å². The maximum absolute atomic E-state index is 10.3. The van der Waals surface area contributed by atoms with Crippen molar-refractivity contribution in [3.05, 3.63) is 29.8 Å². The van der Waals surface area contributed by atoms with Crippen molar-refractivity contribution in [1.29, 1.82) is 0 Å². The van der Waals surface area contributed by atoms with E-state index in [9.17, 15) is 4.79 Å². The largest absolute Gasteiger partial charge is 0.482 e. The lowest BCUT2D eigenvalue weighted by atomic mass is 10.2. The van der Waals surface area contributed by atoms with Gasteiger partial charge in [0.2, 0.25) is 0 Å². The Balaban J connectivity index is 2.38. The Morgan fingerprint density at radius 2 is 2.00 bits per heavy atom. The first-order valence-corrected chi connectivity index (χ1v) is 4.97. The fourth-order valence-corrected chi connectivity index (χ4v) is 1.16. The Hall–Kier alpha value is -1.59. The number of aliphatic carboxylic acids is 1. The van der Waals surface area contributed by atoms with Crippen molar-refractivity contribution >= 4 is 5.97 Å². The molecule has 0 unspecified atom stereocenters. The molecular weight excluding hydrogens is 210 g/mol. The first-order valence-electron chi connectivity index (χ1n) is 4.97. The number of carboxylic acids is 1. The summed E-state index contributed by atoms with van der Waals surface area (Å²) in [7, 11) is 0. The fourth-order valence-electron chi connectivity index (χ4n) is 1.16. The highest BCUT2D eigenvalue weighted by molar-refractivity contribution is 5.68. The van der Waals surface area contributed by atoms with Gasteiger partial charge < -0.3 is 20.3 Å². The number of carbonyl (C=O) groups is 1. The first kappa shape index (κ1) is 12.5. The monoisotopic (exact) mass is 225 g/mol. The lowest BCUT2D eigenvalue weighted by Gasteiger charge is -2.05. The molecule has 0 fully saturated rings. The highest BCUT2D eigenvalue weighted by atomic mass is 16.5. The van der Waals surface area contributed by atoms with Crippen LogP contribution in [0.4, 0.5) is 0 Å². The van der Waals surface area contributed by atoms with Crippen molar-refractivity contribution in [2.45, 2.75) is 6.54 Å². The summed E-state index contributed by atoms with van der Waals surface area (Å²) in [5, 5.41) is 20.0. The van der Waals surface area contributed by atoms with Crippen LogP contribution < -0.4 is 10.1 Å². The molecule has 3 N–H and O–H groups in total. The highest BCUT2D eigenvalue weighted by Crippen LogP contribution is 2.11. The molecule has 16 heavy (non-hydrogen) atoms. The molecule has 0 aliphatic carbocycles. The van der Waals surface area contributed by atoms with Gasteiger partial charge in [-0.05, 0) is 17.7 Å². The topological polar surface area (TPSA) is 78.8 Å². The molecule has 0 aliphatic rings. The van der Waals surface area contributed by atoms with Gasteiger partial charge in [-0.15, -0.1) is 0 Å². The zero-order valence-corrected chi connectivity index (χ0v) is 8.85. The number of nitrogens with one attached hydrogen (secondary N) is 1. The molecule has 5 heteroatoms. The van der Waals surface area contributed by atoms with Crippen molar-refractivity contribution in [1.82, 2.24) is 5.32 Å². The third-order valence-electron chi connectivity index (χ3n) is 1.90. The van der Waals surface area contributed by atoms with Crippen LogP contribution in [-0.2, 0) is 11.3 Å². The standard InChI is InChI=1S/C11H15NO4/c13-6-5-12-7-9-1-3-10(4-2-9)16-8-11(14)15/h1-4,12-13H,5-8H2,(H,14,15). The van der Waals surface area contributed by atoms with E-state index in [0.717, 1.165) is 5.56 Å².